The molecule has 1 rings (SSSR count). The summed E-state index contributed by atoms with van der Waals surface area (Å²) in [6.45, 7) is 4.88. The Bertz CT molecular complexity index is 538. The van der Waals surface area contributed by atoms with E-state index in [0.29, 0.717) is 6.07 Å². The van der Waals surface area contributed by atoms with Gasteiger partial charge in [0.1, 0.15) is 16.5 Å². The maximum absolute atomic E-state index is 13.4. The normalized spacial score (nSPS) is 12.8. The van der Waals surface area contributed by atoms with Gasteiger partial charge in [0, 0.05) is 11.6 Å². The van der Waals surface area contributed by atoms with Crippen LogP contribution in [0.25, 0.3) is 0 Å². The summed E-state index contributed by atoms with van der Waals surface area (Å²) in [7, 11) is -4.01. The molecule has 0 spiro atoms. The number of rotatable bonds is 2. The maximum Gasteiger partial charge on any atom is 0.244 e. The van der Waals surface area contributed by atoms with Gasteiger partial charge in [0.05, 0.1) is 4.47 Å². The van der Waals surface area contributed by atoms with Gasteiger partial charge in [0.2, 0.25) is 10.0 Å². The van der Waals surface area contributed by atoms with Crippen molar-refractivity contribution in [1.29, 1.82) is 0 Å². The van der Waals surface area contributed by atoms with E-state index in [9.17, 15) is 17.2 Å². The molecule has 17 heavy (non-hydrogen) atoms. The number of halogens is 3. The Morgan fingerprint density at radius 2 is 1.71 bits per heavy atom. The lowest BCUT2D eigenvalue weighted by atomic mass is 10.1. The summed E-state index contributed by atoms with van der Waals surface area (Å²) in [5.41, 5.74) is -0.744. The van der Waals surface area contributed by atoms with Crippen LogP contribution in [0.15, 0.2) is 21.5 Å². The zero-order valence-corrected chi connectivity index (χ0v) is 11.9. The van der Waals surface area contributed by atoms with E-state index in [0.717, 1.165) is 6.07 Å². The van der Waals surface area contributed by atoms with Gasteiger partial charge < -0.3 is 0 Å². The molecule has 0 aliphatic heterocycles. The molecule has 96 valence electrons. The van der Waals surface area contributed by atoms with E-state index in [2.05, 4.69) is 20.7 Å². The zero-order chi connectivity index (χ0) is 13.4. The van der Waals surface area contributed by atoms with Crippen molar-refractivity contribution in [3.63, 3.8) is 0 Å². The van der Waals surface area contributed by atoms with Gasteiger partial charge in [-0.2, -0.15) is 0 Å². The van der Waals surface area contributed by atoms with Crippen LogP contribution < -0.4 is 4.72 Å². The Labute approximate surface area is 107 Å². The first kappa shape index (κ1) is 14.5. The Hall–Kier alpha value is -0.530. The first-order chi connectivity index (χ1) is 7.53. The maximum atomic E-state index is 13.4. The Balaban J connectivity index is 3.30. The van der Waals surface area contributed by atoms with Crippen molar-refractivity contribution in [2.45, 2.75) is 31.2 Å². The summed E-state index contributed by atoms with van der Waals surface area (Å²) < 4.78 is 52.3. The zero-order valence-electron chi connectivity index (χ0n) is 9.51. The van der Waals surface area contributed by atoms with E-state index in [1.165, 1.54) is 0 Å². The molecule has 0 atom stereocenters. The third kappa shape index (κ3) is 3.72. The van der Waals surface area contributed by atoms with Crippen LogP contribution >= 0.6 is 15.9 Å². The van der Waals surface area contributed by atoms with E-state index in [-0.39, 0.29) is 4.47 Å². The second-order valence-electron chi connectivity index (χ2n) is 4.55. The van der Waals surface area contributed by atoms with Crippen LogP contribution in [0.4, 0.5) is 8.78 Å². The van der Waals surface area contributed by atoms with Crippen molar-refractivity contribution in [2.24, 2.45) is 0 Å². The van der Waals surface area contributed by atoms with Crippen molar-refractivity contribution >= 4 is 26.0 Å². The summed E-state index contributed by atoms with van der Waals surface area (Å²) in [5, 5.41) is 0. The highest BCUT2D eigenvalue weighted by Crippen LogP contribution is 2.24. The monoisotopic (exact) mass is 327 g/mol. The minimum atomic E-state index is -4.01. The molecule has 1 aromatic carbocycles. The molecular formula is C10H12BrF2NO2S. The minimum Gasteiger partial charge on any atom is -0.207 e. The molecule has 1 N–H and O–H groups in total. The van der Waals surface area contributed by atoms with Crippen LogP contribution in [0.3, 0.4) is 0 Å². The molecule has 0 fully saturated rings. The molecule has 0 aromatic heterocycles. The van der Waals surface area contributed by atoms with Crippen molar-refractivity contribution in [3.8, 4) is 0 Å². The molecule has 7 heteroatoms. The Morgan fingerprint density at radius 3 is 2.18 bits per heavy atom. The number of hydrogen-bond acceptors (Lipinski definition) is 2. The standard InChI is InChI=1S/C10H12BrF2NO2S/c1-10(2,3)14-17(15,16)9-4-6(11)7(12)5-8(9)13/h4-5,14H,1-3H3. The first-order valence-electron chi connectivity index (χ1n) is 4.71. The average Bonchev–Trinajstić information content (AvgIpc) is 2.06. The largest absolute Gasteiger partial charge is 0.244 e. The molecule has 0 unspecified atom stereocenters. The quantitative estimate of drug-likeness (QED) is 0.849. The molecule has 0 bridgehead atoms. The lowest BCUT2D eigenvalue weighted by Crippen LogP contribution is -2.40. The Kier molecular flexibility index (Phi) is 3.95. The van der Waals surface area contributed by atoms with E-state index < -0.39 is 32.1 Å². The van der Waals surface area contributed by atoms with Gasteiger partial charge in [0.25, 0.3) is 0 Å². The molecule has 0 radical (unpaired) electrons. The molecule has 0 aliphatic rings. The Morgan fingerprint density at radius 1 is 1.18 bits per heavy atom. The van der Waals surface area contributed by atoms with Gasteiger partial charge in [-0.15, -0.1) is 0 Å². The van der Waals surface area contributed by atoms with Crippen molar-refractivity contribution in [2.75, 3.05) is 0 Å². The third-order valence-electron chi connectivity index (χ3n) is 1.70. The van der Waals surface area contributed by atoms with Crippen LogP contribution in [0.5, 0.6) is 0 Å². The van der Waals surface area contributed by atoms with Gasteiger partial charge >= 0.3 is 0 Å². The SMILES string of the molecule is CC(C)(C)NS(=O)(=O)c1cc(Br)c(F)cc1F. The van der Waals surface area contributed by atoms with E-state index in [1.807, 2.05) is 0 Å². The van der Waals surface area contributed by atoms with Crippen molar-refractivity contribution in [1.82, 2.24) is 4.72 Å². The predicted molar refractivity (Wildman–Crippen MR) is 64.1 cm³/mol. The van der Waals surface area contributed by atoms with Crippen molar-refractivity contribution in [3.05, 3.63) is 28.2 Å². The smallest absolute Gasteiger partial charge is 0.207 e. The first-order valence-corrected chi connectivity index (χ1v) is 6.99. The summed E-state index contributed by atoms with van der Waals surface area (Å²) in [6, 6.07) is 1.43. The average molecular weight is 328 g/mol. The summed E-state index contributed by atoms with van der Waals surface area (Å²) in [4.78, 5) is -0.583. The van der Waals surface area contributed by atoms with Gasteiger partial charge in [-0.25, -0.2) is 21.9 Å². The predicted octanol–water partition coefficient (Wildman–Crippen LogP) is 2.80. The molecule has 0 heterocycles. The fourth-order valence-electron chi connectivity index (χ4n) is 1.17. The lowest BCUT2D eigenvalue weighted by Gasteiger charge is -2.20. The van der Waals surface area contributed by atoms with Crippen LogP contribution in [-0.4, -0.2) is 14.0 Å². The number of hydrogen-bond donors (Lipinski definition) is 1. The molecule has 0 saturated heterocycles. The second kappa shape index (κ2) is 4.62. The second-order valence-corrected chi connectivity index (χ2v) is 7.06. The molecular weight excluding hydrogens is 316 g/mol. The van der Waals surface area contributed by atoms with Crippen LogP contribution in [0, 0.1) is 11.6 Å². The molecule has 1 aromatic rings. The highest BCUT2D eigenvalue weighted by Gasteiger charge is 2.26. The van der Waals surface area contributed by atoms with E-state index >= 15 is 0 Å². The highest BCUT2D eigenvalue weighted by atomic mass is 79.9. The summed E-state index contributed by atoms with van der Waals surface area (Å²) >= 11 is 2.82. The molecule has 0 aliphatic carbocycles. The number of sulfonamides is 1. The third-order valence-corrected chi connectivity index (χ3v) is 4.09. The topological polar surface area (TPSA) is 46.2 Å². The van der Waals surface area contributed by atoms with E-state index in [4.69, 9.17) is 0 Å². The number of nitrogens with one attached hydrogen (secondary N) is 1. The summed E-state index contributed by atoms with van der Waals surface area (Å²) in [5.74, 6) is -1.97. The van der Waals surface area contributed by atoms with Crippen LogP contribution in [0.1, 0.15) is 20.8 Å². The van der Waals surface area contributed by atoms with Crippen LogP contribution in [-0.2, 0) is 10.0 Å². The van der Waals surface area contributed by atoms with E-state index in [1.54, 1.807) is 20.8 Å². The molecule has 0 amide bonds. The van der Waals surface area contributed by atoms with Gasteiger partial charge in [-0.05, 0) is 42.8 Å². The van der Waals surface area contributed by atoms with Crippen LogP contribution in [0.2, 0.25) is 0 Å². The minimum absolute atomic E-state index is 0.104. The van der Waals surface area contributed by atoms with Gasteiger partial charge in [-0.1, -0.05) is 0 Å². The molecule has 3 nitrogen and oxygen atoms in total. The highest BCUT2D eigenvalue weighted by molar-refractivity contribution is 9.10. The number of benzene rings is 1. The molecule has 0 saturated carbocycles. The fourth-order valence-corrected chi connectivity index (χ4v) is 3.17. The summed E-state index contributed by atoms with van der Waals surface area (Å²) in [6.07, 6.45) is 0. The van der Waals surface area contributed by atoms with Gasteiger partial charge in [-0.3, -0.25) is 0 Å². The van der Waals surface area contributed by atoms with Crippen molar-refractivity contribution < 1.29 is 17.2 Å². The lowest BCUT2D eigenvalue weighted by molar-refractivity contribution is 0.484. The van der Waals surface area contributed by atoms with Gasteiger partial charge in [0.15, 0.2) is 0 Å². The fraction of sp³-hybridized carbons (Fsp3) is 0.400.